The molecular weight excluding hydrogens is 206 g/mol. The third-order valence-electron chi connectivity index (χ3n) is 3.82. The molecule has 1 heterocycles. The van der Waals surface area contributed by atoms with Gasteiger partial charge in [0.15, 0.2) is 0 Å². The highest BCUT2D eigenvalue weighted by atomic mass is 14.7. The molecule has 0 bridgehead atoms. The minimum absolute atomic E-state index is 0.320. The molecule has 0 saturated carbocycles. The highest BCUT2D eigenvalue weighted by Gasteiger charge is 2.29. The first kappa shape index (κ1) is 10.5. The Labute approximate surface area is 103 Å². The first-order chi connectivity index (χ1) is 8.17. The van der Waals surface area contributed by atoms with Gasteiger partial charge in [0.25, 0.3) is 0 Å². The van der Waals surface area contributed by atoms with Gasteiger partial charge in [-0.25, -0.2) is 0 Å². The van der Waals surface area contributed by atoms with E-state index in [1.165, 1.54) is 29.5 Å². The molecule has 0 unspecified atom stereocenters. The summed E-state index contributed by atoms with van der Waals surface area (Å²) in [4.78, 5) is 4.42. The zero-order chi connectivity index (χ0) is 11.9. The van der Waals surface area contributed by atoms with Gasteiger partial charge in [-0.05, 0) is 47.6 Å². The summed E-state index contributed by atoms with van der Waals surface area (Å²) < 4.78 is 0. The Bertz CT molecular complexity index is 541. The largest absolute Gasteiger partial charge is 0.256 e. The van der Waals surface area contributed by atoms with E-state index in [9.17, 15) is 0 Å². The van der Waals surface area contributed by atoms with Crippen molar-refractivity contribution in [2.75, 3.05) is 0 Å². The zero-order valence-electron chi connectivity index (χ0n) is 10.4. The van der Waals surface area contributed by atoms with Crippen molar-refractivity contribution in [1.29, 1.82) is 0 Å². The summed E-state index contributed by atoms with van der Waals surface area (Å²) in [6.45, 7) is 4.67. The van der Waals surface area contributed by atoms with Crippen molar-refractivity contribution in [3.63, 3.8) is 0 Å². The normalized spacial score (nSPS) is 16.8. The van der Waals surface area contributed by atoms with Crippen LogP contribution in [0.2, 0.25) is 0 Å². The lowest BCUT2D eigenvalue weighted by molar-refractivity contribution is 0.522. The van der Waals surface area contributed by atoms with Crippen molar-refractivity contribution in [3.8, 4) is 11.3 Å². The van der Waals surface area contributed by atoms with E-state index in [0.717, 1.165) is 5.69 Å². The first-order valence-corrected chi connectivity index (χ1v) is 6.22. The molecule has 1 aliphatic rings. The minimum Gasteiger partial charge on any atom is -0.256 e. The van der Waals surface area contributed by atoms with Gasteiger partial charge >= 0.3 is 0 Å². The molecular formula is C16H17N. The van der Waals surface area contributed by atoms with E-state index in [-0.39, 0.29) is 0 Å². The van der Waals surface area contributed by atoms with Gasteiger partial charge in [-0.3, -0.25) is 4.98 Å². The second-order valence-electron chi connectivity index (χ2n) is 5.47. The summed E-state index contributed by atoms with van der Waals surface area (Å²) in [7, 11) is 0. The van der Waals surface area contributed by atoms with Gasteiger partial charge in [-0.1, -0.05) is 32.0 Å². The van der Waals surface area contributed by atoms with E-state index in [0.29, 0.717) is 5.41 Å². The van der Waals surface area contributed by atoms with E-state index in [2.05, 4.69) is 43.1 Å². The van der Waals surface area contributed by atoms with Crippen LogP contribution in [0.3, 0.4) is 0 Å². The number of aryl methyl sites for hydroxylation is 1. The molecule has 0 atom stereocenters. The molecule has 1 aromatic carbocycles. The molecule has 0 spiro atoms. The number of hydrogen-bond acceptors (Lipinski definition) is 1. The van der Waals surface area contributed by atoms with Crippen LogP contribution in [0.4, 0.5) is 0 Å². The van der Waals surface area contributed by atoms with Gasteiger partial charge in [0, 0.05) is 11.8 Å². The van der Waals surface area contributed by atoms with Gasteiger partial charge in [0.2, 0.25) is 0 Å². The molecule has 1 nitrogen and oxygen atoms in total. The molecule has 0 aliphatic heterocycles. The Hall–Kier alpha value is -1.63. The van der Waals surface area contributed by atoms with Crippen LogP contribution in [0, 0.1) is 0 Å². The molecule has 1 aromatic heterocycles. The van der Waals surface area contributed by atoms with Crippen molar-refractivity contribution in [2.24, 2.45) is 0 Å². The Morgan fingerprint density at radius 1 is 1.12 bits per heavy atom. The van der Waals surface area contributed by atoms with Gasteiger partial charge in [-0.15, -0.1) is 0 Å². The Morgan fingerprint density at radius 3 is 2.76 bits per heavy atom. The van der Waals surface area contributed by atoms with Crippen molar-refractivity contribution in [3.05, 3.63) is 53.7 Å². The number of pyridine rings is 1. The van der Waals surface area contributed by atoms with Gasteiger partial charge in [0.1, 0.15) is 0 Å². The molecule has 0 fully saturated rings. The SMILES string of the molecule is CC1(C)CCc2ccc(-c3ccccn3)cc21. The van der Waals surface area contributed by atoms with Gasteiger partial charge < -0.3 is 0 Å². The number of fused-ring (bicyclic) bond motifs is 1. The van der Waals surface area contributed by atoms with Crippen LogP contribution in [0.15, 0.2) is 42.6 Å². The number of nitrogens with zero attached hydrogens (tertiary/aromatic N) is 1. The summed E-state index contributed by atoms with van der Waals surface area (Å²) in [5.74, 6) is 0. The zero-order valence-corrected chi connectivity index (χ0v) is 10.4. The summed E-state index contributed by atoms with van der Waals surface area (Å²) in [5, 5.41) is 0. The Balaban J connectivity index is 2.11. The maximum Gasteiger partial charge on any atom is 0.0702 e. The average molecular weight is 223 g/mol. The fourth-order valence-corrected chi connectivity index (χ4v) is 2.70. The predicted octanol–water partition coefficient (Wildman–Crippen LogP) is 3.97. The van der Waals surface area contributed by atoms with Crippen LogP contribution in [-0.4, -0.2) is 4.98 Å². The smallest absolute Gasteiger partial charge is 0.0702 e. The summed E-state index contributed by atoms with van der Waals surface area (Å²) in [5.41, 5.74) is 5.63. The van der Waals surface area contributed by atoms with Gasteiger partial charge in [-0.2, -0.15) is 0 Å². The lowest BCUT2D eigenvalue weighted by Crippen LogP contribution is -2.11. The van der Waals surface area contributed by atoms with Crippen LogP contribution in [0.5, 0.6) is 0 Å². The molecule has 0 amide bonds. The van der Waals surface area contributed by atoms with E-state index in [4.69, 9.17) is 0 Å². The summed E-state index contributed by atoms with van der Waals surface area (Å²) in [6.07, 6.45) is 4.33. The third kappa shape index (κ3) is 1.76. The fourth-order valence-electron chi connectivity index (χ4n) is 2.70. The maximum absolute atomic E-state index is 4.42. The lowest BCUT2D eigenvalue weighted by atomic mass is 9.85. The van der Waals surface area contributed by atoms with E-state index < -0.39 is 0 Å². The topological polar surface area (TPSA) is 12.9 Å². The molecule has 0 N–H and O–H groups in total. The molecule has 86 valence electrons. The van der Waals surface area contributed by atoms with E-state index >= 15 is 0 Å². The second-order valence-corrected chi connectivity index (χ2v) is 5.47. The highest BCUT2D eigenvalue weighted by molar-refractivity contribution is 5.62. The molecule has 0 saturated heterocycles. The number of benzene rings is 1. The molecule has 1 aliphatic carbocycles. The number of aromatic nitrogens is 1. The quantitative estimate of drug-likeness (QED) is 0.712. The fraction of sp³-hybridized carbons (Fsp3) is 0.312. The lowest BCUT2D eigenvalue weighted by Gasteiger charge is -2.19. The van der Waals surface area contributed by atoms with E-state index in [1.807, 2.05) is 18.3 Å². The number of hydrogen-bond donors (Lipinski definition) is 0. The number of rotatable bonds is 1. The van der Waals surface area contributed by atoms with Gasteiger partial charge in [0.05, 0.1) is 5.69 Å². The molecule has 17 heavy (non-hydrogen) atoms. The predicted molar refractivity (Wildman–Crippen MR) is 71.0 cm³/mol. The van der Waals surface area contributed by atoms with E-state index in [1.54, 1.807) is 0 Å². The van der Waals surface area contributed by atoms with Crippen molar-refractivity contribution in [1.82, 2.24) is 4.98 Å². The Morgan fingerprint density at radius 2 is 2.00 bits per heavy atom. The van der Waals surface area contributed by atoms with Crippen LogP contribution in [0.1, 0.15) is 31.4 Å². The Kier molecular flexibility index (Phi) is 2.29. The molecule has 0 radical (unpaired) electrons. The highest BCUT2D eigenvalue weighted by Crippen LogP contribution is 2.39. The average Bonchev–Trinajstić information content (AvgIpc) is 2.66. The molecule has 1 heteroatoms. The van der Waals surface area contributed by atoms with Crippen LogP contribution in [0.25, 0.3) is 11.3 Å². The minimum atomic E-state index is 0.320. The second kappa shape index (κ2) is 3.69. The van der Waals surface area contributed by atoms with Crippen LogP contribution < -0.4 is 0 Å². The van der Waals surface area contributed by atoms with Crippen molar-refractivity contribution < 1.29 is 0 Å². The molecule has 3 rings (SSSR count). The third-order valence-corrected chi connectivity index (χ3v) is 3.82. The van der Waals surface area contributed by atoms with Crippen LogP contribution >= 0.6 is 0 Å². The maximum atomic E-state index is 4.42. The summed E-state index contributed by atoms with van der Waals surface area (Å²) >= 11 is 0. The standard InChI is InChI=1S/C16H17N/c1-16(2)9-8-12-6-7-13(11-14(12)16)15-5-3-4-10-17-15/h3-7,10-11H,8-9H2,1-2H3. The monoisotopic (exact) mass is 223 g/mol. The van der Waals surface area contributed by atoms with Crippen LogP contribution in [-0.2, 0) is 11.8 Å². The molecule has 2 aromatic rings. The summed E-state index contributed by atoms with van der Waals surface area (Å²) in [6, 6.07) is 12.9. The first-order valence-electron chi connectivity index (χ1n) is 6.22. The van der Waals surface area contributed by atoms with Crippen molar-refractivity contribution in [2.45, 2.75) is 32.1 Å². The van der Waals surface area contributed by atoms with Crippen molar-refractivity contribution >= 4 is 0 Å².